The smallest absolute Gasteiger partial charge is 0.321 e. The van der Waals surface area contributed by atoms with Gasteiger partial charge in [-0.1, -0.05) is 11.6 Å². The number of hydrogen-bond acceptors (Lipinski definition) is 3. The summed E-state index contributed by atoms with van der Waals surface area (Å²) in [5.41, 5.74) is 1.65. The number of rotatable bonds is 3. The number of hydrogen-bond donors (Lipinski definition) is 2. The highest BCUT2D eigenvalue weighted by molar-refractivity contribution is 6.30. The normalized spacial score (nSPS) is 13.9. The fourth-order valence-electron chi connectivity index (χ4n) is 2.17. The van der Waals surface area contributed by atoms with E-state index in [2.05, 4.69) is 15.6 Å². The number of anilines is 2. The highest BCUT2D eigenvalue weighted by Gasteiger charge is 2.20. The molecule has 0 unspecified atom stereocenters. The quantitative estimate of drug-likeness (QED) is 0.913. The molecule has 6 nitrogen and oxygen atoms in total. The second-order valence-electron chi connectivity index (χ2n) is 4.74. The first kappa shape index (κ1) is 14.3. The monoisotopic (exact) mass is 316 g/mol. The first-order chi connectivity index (χ1) is 10.6. The Morgan fingerprint density at radius 3 is 2.68 bits per heavy atom. The van der Waals surface area contributed by atoms with Crippen LogP contribution in [0.4, 0.5) is 16.2 Å². The number of aromatic nitrogens is 1. The van der Waals surface area contributed by atoms with E-state index in [1.165, 1.54) is 12.3 Å². The molecule has 3 rings (SSSR count). The van der Waals surface area contributed by atoms with Crippen molar-refractivity contribution in [1.29, 1.82) is 0 Å². The van der Waals surface area contributed by atoms with Gasteiger partial charge in [0, 0.05) is 35.7 Å². The molecule has 2 heterocycles. The highest BCUT2D eigenvalue weighted by atomic mass is 35.5. The molecule has 0 spiro atoms. The Bertz CT molecular complexity index is 718. The molecule has 1 saturated heterocycles. The predicted octanol–water partition coefficient (Wildman–Crippen LogP) is 2.52. The lowest BCUT2D eigenvalue weighted by Crippen LogP contribution is -2.27. The summed E-state index contributed by atoms with van der Waals surface area (Å²) < 4.78 is 0. The molecular weight excluding hydrogens is 304 g/mol. The summed E-state index contributed by atoms with van der Waals surface area (Å²) in [7, 11) is 0. The summed E-state index contributed by atoms with van der Waals surface area (Å²) in [5, 5.41) is 5.93. The molecule has 0 bridgehead atoms. The van der Waals surface area contributed by atoms with Crippen LogP contribution in [0, 0.1) is 0 Å². The molecule has 0 aliphatic carbocycles. The molecule has 1 aromatic carbocycles. The van der Waals surface area contributed by atoms with Crippen LogP contribution in [0.25, 0.3) is 0 Å². The van der Waals surface area contributed by atoms with E-state index < -0.39 is 0 Å². The summed E-state index contributed by atoms with van der Waals surface area (Å²) in [4.78, 5) is 29.2. The maximum Gasteiger partial charge on any atom is 0.321 e. The molecule has 112 valence electrons. The highest BCUT2D eigenvalue weighted by Crippen LogP contribution is 2.20. The van der Waals surface area contributed by atoms with Crippen molar-refractivity contribution in [3.05, 3.63) is 53.3 Å². The topological polar surface area (TPSA) is 74.3 Å². The van der Waals surface area contributed by atoms with Gasteiger partial charge < -0.3 is 10.6 Å². The van der Waals surface area contributed by atoms with Gasteiger partial charge in [-0.25, -0.2) is 4.79 Å². The number of urea groups is 1. The van der Waals surface area contributed by atoms with Crippen LogP contribution < -0.4 is 15.5 Å². The lowest BCUT2D eigenvalue weighted by atomic mass is 10.2. The van der Waals surface area contributed by atoms with Crippen LogP contribution in [0.1, 0.15) is 10.5 Å². The van der Waals surface area contributed by atoms with E-state index in [-0.39, 0.29) is 17.6 Å². The molecule has 0 atom stereocenters. The van der Waals surface area contributed by atoms with Gasteiger partial charge >= 0.3 is 6.03 Å². The van der Waals surface area contributed by atoms with Crippen molar-refractivity contribution in [3.8, 4) is 0 Å². The van der Waals surface area contributed by atoms with Gasteiger partial charge in [-0.2, -0.15) is 0 Å². The van der Waals surface area contributed by atoms with Crippen LogP contribution in [0.15, 0.2) is 42.6 Å². The zero-order valence-electron chi connectivity index (χ0n) is 11.5. The van der Waals surface area contributed by atoms with Gasteiger partial charge in [0.25, 0.3) is 5.91 Å². The van der Waals surface area contributed by atoms with Gasteiger partial charge in [-0.15, -0.1) is 0 Å². The largest absolute Gasteiger partial charge is 0.336 e. The zero-order valence-corrected chi connectivity index (χ0v) is 12.3. The number of benzene rings is 1. The second-order valence-corrected chi connectivity index (χ2v) is 5.18. The maximum absolute atomic E-state index is 12.1. The lowest BCUT2D eigenvalue weighted by Gasteiger charge is -2.14. The van der Waals surface area contributed by atoms with Crippen LogP contribution >= 0.6 is 11.6 Å². The van der Waals surface area contributed by atoms with Gasteiger partial charge in [-0.05, 0) is 36.4 Å². The standard InChI is InChI=1S/C15H13ClN4O2/c16-10-5-6-17-13(9-10)14(21)19-11-1-3-12(4-2-11)20-8-7-18-15(20)22/h1-6,9H,7-8H2,(H,18,22)(H,19,21). The molecule has 1 aromatic heterocycles. The number of nitrogens with one attached hydrogen (secondary N) is 2. The Labute approximate surface area is 132 Å². The fraction of sp³-hybridized carbons (Fsp3) is 0.133. The Morgan fingerprint density at radius 2 is 2.05 bits per heavy atom. The Balaban J connectivity index is 1.71. The summed E-state index contributed by atoms with van der Waals surface area (Å²) in [5.74, 6) is -0.339. The molecular formula is C15H13ClN4O2. The van der Waals surface area contributed by atoms with Gasteiger partial charge in [0.2, 0.25) is 0 Å². The molecule has 2 N–H and O–H groups in total. The zero-order chi connectivity index (χ0) is 15.5. The third kappa shape index (κ3) is 3.01. The average molecular weight is 317 g/mol. The number of carbonyl (C=O) groups is 2. The van der Waals surface area contributed by atoms with E-state index in [1.54, 1.807) is 35.2 Å². The van der Waals surface area contributed by atoms with Gasteiger partial charge in [-0.3, -0.25) is 14.7 Å². The minimum Gasteiger partial charge on any atom is -0.336 e. The molecule has 22 heavy (non-hydrogen) atoms. The Kier molecular flexibility index (Phi) is 3.93. The first-order valence-corrected chi connectivity index (χ1v) is 7.09. The number of carbonyl (C=O) groups excluding carboxylic acids is 2. The van der Waals surface area contributed by atoms with Crippen LogP contribution in [0.3, 0.4) is 0 Å². The lowest BCUT2D eigenvalue weighted by molar-refractivity contribution is 0.102. The Hall–Kier alpha value is -2.60. The minimum atomic E-state index is -0.339. The predicted molar refractivity (Wildman–Crippen MR) is 84.4 cm³/mol. The molecule has 1 aliphatic rings. The summed E-state index contributed by atoms with van der Waals surface area (Å²) >= 11 is 5.84. The second kappa shape index (κ2) is 6.03. The molecule has 2 aromatic rings. The maximum atomic E-state index is 12.1. The molecule has 1 fully saturated rings. The molecule has 0 saturated carbocycles. The number of nitrogens with zero attached hydrogens (tertiary/aromatic N) is 2. The van der Waals surface area contributed by atoms with E-state index in [0.29, 0.717) is 23.8 Å². The van der Waals surface area contributed by atoms with Crippen molar-refractivity contribution < 1.29 is 9.59 Å². The van der Waals surface area contributed by atoms with E-state index >= 15 is 0 Å². The summed E-state index contributed by atoms with van der Waals surface area (Å²) in [6, 6.07) is 10.0. The van der Waals surface area contributed by atoms with Gasteiger partial charge in [0.15, 0.2) is 0 Å². The van der Waals surface area contributed by atoms with Crippen LogP contribution in [0.2, 0.25) is 5.02 Å². The van der Waals surface area contributed by atoms with Crippen molar-refractivity contribution in [3.63, 3.8) is 0 Å². The van der Waals surface area contributed by atoms with Crippen LogP contribution in [0.5, 0.6) is 0 Å². The van der Waals surface area contributed by atoms with Crippen molar-refractivity contribution in [2.75, 3.05) is 23.3 Å². The third-order valence-corrected chi connectivity index (χ3v) is 3.48. The molecule has 0 radical (unpaired) electrons. The van der Waals surface area contributed by atoms with Crippen molar-refractivity contribution in [1.82, 2.24) is 10.3 Å². The number of halogens is 1. The summed E-state index contributed by atoms with van der Waals surface area (Å²) in [6.07, 6.45) is 1.48. The SMILES string of the molecule is O=C(Nc1ccc(N2CCNC2=O)cc1)c1cc(Cl)ccn1. The first-order valence-electron chi connectivity index (χ1n) is 6.72. The van der Waals surface area contributed by atoms with Crippen molar-refractivity contribution >= 4 is 34.9 Å². The van der Waals surface area contributed by atoms with Gasteiger partial charge in [0.1, 0.15) is 5.69 Å². The fourth-order valence-corrected chi connectivity index (χ4v) is 2.33. The van der Waals surface area contributed by atoms with E-state index in [9.17, 15) is 9.59 Å². The molecule has 3 amide bonds. The Morgan fingerprint density at radius 1 is 1.27 bits per heavy atom. The van der Waals surface area contributed by atoms with E-state index in [0.717, 1.165) is 5.69 Å². The number of amides is 3. The van der Waals surface area contributed by atoms with Crippen LogP contribution in [-0.4, -0.2) is 30.0 Å². The summed E-state index contributed by atoms with van der Waals surface area (Å²) in [6.45, 7) is 1.27. The molecule has 1 aliphatic heterocycles. The van der Waals surface area contributed by atoms with Crippen molar-refractivity contribution in [2.24, 2.45) is 0 Å². The van der Waals surface area contributed by atoms with Crippen molar-refractivity contribution in [2.45, 2.75) is 0 Å². The molecule has 7 heteroatoms. The minimum absolute atomic E-state index is 0.111. The third-order valence-electron chi connectivity index (χ3n) is 3.25. The number of pyridine rings is 1. The van der Waals surface area contributed by atoms with Crippen LogP contribution in [-0.2, 0) is 0 Å². The van der Waals surface area contributed by atoms with Gasteiger partial charge in [0.05, 0.1) is 0 Å². The average Bonchev–Trinajstić information content (AvgIpc) is 2.94. The van der Waals surface area contributed by atoms with E-state index in [1.807, 2.05) is 0 Å². The van der Waals surface area contributed by atoms with E-state index in [4.69, 9.17) is 11.6 Å².